The maximum Gasteiger partial charge on any atom is 0.311 e. The number of hydrogen-bond acceptors (Lipinski definition) is 4. The van der Waals surface area contributed by atoms with Crippen LogP contribution in [0.5, 0.6) is 0 Å². The Labute approximate surface area is 141 Å². The summed E-state index contributed by atoms with van der Waals surface area (Å²) in [5.74, 6) is -0.307. The molecule has 5 nitrogen and oxygen atoms in total. The van der Waals surface area contributed by atoms with E-state index >= 15 is 0 Å². The van der Waals surface area contributed by atoms with E-state index in [-0.39, 0.29) is 12.4 Å². The zero-order valence-electron chi connectivity index (χ0n) is 13.3. The summed E-state index contributed by atoms with van der Waals surface area (Å²) < 4.78 is 6.61. The highest BCUT2D eigenvalue weighted by Crippen LogP contribution is 2.15. The van der Waals surface area contributed by atoms with Crippen LogP contribution < -0.4 is 5.32 Å². The number of benzene rings is 1. The van der Waals surface area contributed by atoms with E-state index in [1.165, 1.54) is 12.7 Å². The Balaban J connectivity index is 1.69. The Morgan fingerprint density at radius 3 is 2.83 bits per heavy atom. The van der Waals surface area contributed by atoms with Crippen molar-refractivity contribution in [2.45, 2.75) is 32.4 Å². The number of aryl methyl sites for hydroxylation is 1. The lowest BCUT2D eigenvalue weighted by atomic mass is 10.2. The zero-order chi connectivity index (χ0) is 16.5. The molecule has 2 aromatic rings. The van der Waals surface area contributed by atoms with E-state index in [1.807, 2.05) is 22.8 Å². The third kappa shape index (κ3) is 5.69. The van der Waals surface area contributed by atoms with Crippen molar-refractivity contribution in [1.29, 1.82) is 0 Å². The van der Waals surface area contributed by atoms with Crippen molar-refractivity contribution in [3.63, 3.8) is 0 Å². The summed E-state index contributed by atoms with van der Waals surface area (Å²) in [6.45, 7) is 2.62. The number of carbonyl (C=O) groups is 1. The molecule has 0 aliphatic carbocycles. The largest absolute Gasteiger partial charge is 0.469 e. The van der Waals surface area contributed by atoms with E-state index in [4.69, 9.17) is 11.6 Å². The van der Waals surface area contributed by atoms with Crippen LogP contribution in [0.25, 0.3) is 0 Å². The fourth-order valence-corrected chi connectivity index (χ4v) is 2.54. The van der Waals surface area contributed by atoms with E-state index in [1.54, 1.807) is 6.33 Å². The summed E-state index contributed by atoms with van der Waals surface area (Å²) in [6.07, 6.45) is 3.86. The zero-order valence-corrected chi connectivity index (χ0v) is 14.1. The molecule has 0 spiro atoms. The van der Waals surface area contributed by atoms with E-state index in [0.29, 0.717) is 5.15 Å². The number of halogens is 1. The lowest BCUT2D eigenvalue weighted by Crippen LogP contribution is -2.15. The van der Waals surface area contributed by atoms with Crippen LogP contribution in [0.15, 0.2) is 36.7 Å². The van der Waals surface area contributed by atoms with Crippen molar-refractivity contribution >= 4 is 17.6 Å². The SMILES string of the molecule is COC(=O)Cc1c(Cl)ncn1CCCCNCc1ccccc1. The number of nitrogens with zero attached hydrogens (tertiary/aromatic N) is 2. The Kier molecular flexibility index (Phi) is 7.10. The van der Waals surface area contributed by atoms with Crippen LogP contribution in [-0.2, 0) is 29.0 Å². The first-order chi connectivity index (χ1) is 11.2. The van der Waals surface area contributed by atoms with Gasteiger partial charge in [-0.15, -0.1) is 0 Å². The van der Waals surface area contributed by atoms with Crippen LogP contribution in [0.4, 0.5) is 0 Å². The number of ether oxygens (including phenoxy) is 1. The first-order valence-corrected chi connectivity index (χ1v) is 8.09. The predicted octanol–water partition coefficient (Wildman–Crippen LogP) is 2.82. The standard InChI is InChI=1S/C17H22ClN3O2/c1-23-16(22)11-15-17(18)20-13-21(15)10-6-5-9-19-12-14-7-3-2-4-8-14/h2-4,7-8,13,19H,5-6,9-12H2,1H3. The minimum atomic E-state index is -0.307. The first kappa shape index (κ1) is 17.5. The molecule has 0 saturated heterocycles. The van der Waals surface area contributed by atoms with Crippen molar-refractivity contribution in [3.05, 3.63) is 53.1 Å². The first-order valence-electron chi connectivity index (χ1n) is 7.71. The number of unbranched alkanes of at least 4 members (excludes halogenated alkanes) is 1. The van der Waals surface area contributed by atoms with Crippen LogP contribution in [0.3, 0.4) is 0 Å². The average molecular weight is 336 g/mol. The molecular formula is C17H22ClN3O2. The Bertz CT molecular complexity index is 614. The maximum atomic E-state index is 11.4. The number of carbonyl (C=O) groups excluding carboxylic acids is 1. The van der Waals surface area contributed by atoms with Crippen molar-refractivity contribution in [3.8, 4) is 0 Å². The lowest BCUT2D eigenvalue weighted by molar-refractivity contribution is -0.139. The normalized spacial score (nSPS) is 10.7. The van der Waals surface area contributed by atoms with Crippen LogP contribution >= 0.6 is 11.6 Å². The number of imidazole rings is 1. The van der Waals surface area contributed by atoms with Crippen molar-refractivity contribution in [1.82, 2.24) is 14.9 Å². The molecule has 124 valence electrons. The number of methoxy groups -OCH3 is 1. The molecule has 23 heavy (non-hydrogen) atoms. The number of rotatable bonds is 9. The second-order valence-corrected chi connectivity index (χ2v) is 5.66. The fraction of sp³-hybridized carbons (Fsp3) is 0.412. The molecule has 0 radical (unpaired) electrons. The van der Waals surface area contributed by atoms with Gasteiger partial charge in [-0.3, -0.25) is 4.79 Å². The maximum absolute atomic E-state index is 11.4. The molecule has 1 N–H and O–H groups in total. The van der Waals surface area contributed by atoms with Gasteiger partial charge in [-0.25, -0.2) is 4.98 Å². The highest BCUT2D eigenvalue weighted by molar-refractivity contribution is 6.30. The minimum Gasteiger partial charge on any atom is -0.469 e. The van der Waals surface area contributed by atoms with Crippen molar-refractivity contribution < 1.29 is 9.53 Å². The number of aromatic nitrogens is 2. The monoisotopic (exact) mass is 335 g/mol. The van der Waals surface area contributed by atoms with Crippen LogP contribution in [0.1, 0.15) is 24.1 Å². The van der Waals surface area contributed by atoms with Gasteiger partial charge < -0.3 is 14.6 Å². The van der Waals surface area contributed by atoms with Crippen LogP contribution in [-0.4, -0.2) is 29.2 Å². The number of esters is 1. The quantitative estimate of drug-likeness (QED) is 0.565. The van der Waals surface area contributed by atoms with Gasteiger partial charge in [-0.1, -0.05) is 41.9 Å². The van der Waals surface area contributed by atoms with Gasteiger partial charge in [-0.2, -0.15) is 0 Å². The van der Waals surface area contributed by atoms with Gasteiger partial charge in [0.05, 0.1) is 25.6 Å². The fourth-order valence-electron chi connectivity index (χ4n) is 2.32. The Hall–Kier alpha value is -1.85. The summed E-state index contributed by atoms with van der Waals surface area (Å²) in [4.78, 5) is 15.5. The van der Waals surface area contributed by atoms with Gasteiger partial charge in [0.1, 0.15) is 0 Å². The molecule has 6 heteroatoms. The number of nitrogens with one attached hydrogen (secondary N) is 1. The van der Waals surface area contributed by atoms with Gasteiger partial charge in [0.2, 0.25) is 0 Å². The minimum absolute atomic E-state index is 0.154. The third-order valence-electron chi connectivity index (χ3n) is 3.61. The van der Waals surface area contributed by atoms with Gasteiger partial charge in [-0.05, 0) is 24.9 Å². The number of hydrogen-bond donors (Lipinski definition) is 1. The molecule has 0 atom stereocenters. The molecule has 0 saturated carbocycles. The summed E-state index contributed by atoms with van der Waals surface area (Å²) in [5, 5.41) is 3.80. The molecule has 1 aromatic heterocycles. The highest BCUT2D eigenvalue weighted by Gasteiger charge is 2.13. The van der Waals surface area contributed by atoms with Crippen molar-refractivity contribution in [2.75, 3.05) is 13.7 Å². The molecule has 0 aliphatic rings. The molecule has 0 unspecified atom stereocenters. The summed E-state index contributed by atoms with van der Waals surface area (Å²) >= 11 is 6.02. The Morgan fingerprint density at radius 2 is 2.09 bits per heavy atom. The molecule has 0 amide bonds. The van der Waals surface area contributed by atoms with Crippen LogP contribution in [0.2, 0.25) is 5.15 Å². The van der Waals surface area contributed by atoms with Gasteiger partial charge in [0.15, 0.2) is 5.15 Å². The van der Waals surface area contributed by atoms with E-state index in [2.05, 4.69) is 27.2 Å². The van der Waals surface area contributed by atoms with Gasteiger partial charge in [0, 0.05) is 13.1 Å². The molecule has 1 heterocycles. The Morgan fingerprint density at radius 1 is 1.30 bits per heavy atom. The highest BCUT2D eigenvalue weighted by atomic mass is 35.5. The van der Waals surface area contributed by atoms with Gasteiger partial charge >= 0.3 is 5.97 Å². The average Bonchev–Trinajstić information content (AvgIpc) is 2.92. The second-order valence-electron chi connectivity index (χ2n) is 5.30. The molecular weight excluding hydrogens is 314 g/mol. The van der Waals surface area contributed by atoms with Crippen LogP contribution in [0, 0.1) is 0 Å². The smallest absolute Gasteiger partial charge is 0.311 e. The third-order valence-corrected chi connectivity index (χ3v) is 3.93. The van der Waals surface area contributed by atoms with E-state index in [0.717, 1.165) is 38.2 Å². The predicted molar refractivity (Wildman–Crippen MR) is 90.3 cm³/mol. The molecule has 1 aromatic carbocycles. The molecule has 0 bridgehead atoms. The molecule has 0 aliphatic heterocycles. The molecule has 0 fully saturated rings. The summed E-state index contributed by atoms with van der Waals surface area (Å²) in [7, 11) is 1.37. The van der Waals surface area contributed by atoms with E-state index in [9.17, 15) is 4.79 Å². The molecule has 2 rings (SSSR count). The lowest BCUT2D eigenvalue weighted by Gasteiger charge is -2.08. The second kappa shape index (κ2) is 9.33. The summed E-state index contributed by atoms with van der Waals surface area (Å²) in [6, 6.07) is 10.3. The van der Waals surface area contributed by atoms with Gasteiger partial charge in [0.25, 0.3) is 0 Å². The topological polar surface area (TPSA) is 56.1 Å². The summed E-state index contributed by atoms with van der Waals surface area (Å²) in [5.41, 5.74) is 2.00. The van der Waals surface area contributed by atoms with Crippen molar-refractivity contribution in [2.24, 2.45) is 0 Å². The van der Waals surface area contributed by atoms with E-state index < -0.39 is 0 Å².